The number of hydrogen-bond acceptors (Lipinski definition) is 2. The van der Waals surface area contributed by atoms with E-state index in [4.69, 9.17) is 4.99 Å². The molecule has 2 aliphatic carbocycles. The smallest absolute Gasteiger partial charge is 0.191 e. The van der Waals surface area contributed by atoms with Gasteiger partial charge < -0.3 is 10.6 Å². The largest absolute Gasteiger partial charge is 0.357 e. The number of halogens is 1. The lowest BCUT2D eigenvalue weighted by Crippen LogP contribution is -2.40. The molecule has 0 aromatic carbocycles. The number of guanidine groups is 1. The van der Waals surface area contributed by atoms with Crippen LogP contribution in [0.15, 0.2) is 4.99 Å². The molecular formula is C15H31IN4. The van der Waals surface area contributed by atoms with E-state index in [1.807, 2.05) is 0 Å². The summed E-state index contributed by atoms with van der Waals surface area (Å²) in [5.41, 5.74) is 0. The first-order chi connectivity index (χ1) is 9.11. The van der Waals surface area contributed by atoms with Crippen LogP contribution in [-0.2, 0) is 0 Å². The average Bonchev–Trinajstić information content (AvgIpc) is 3.24. The topological polar surface area (TPSA) is 39.7 Å². The van der Waals surface area contributed by atoms with Crippen LogP contribution in [0.3, 0.4) is 0 Å². The molecule has 2 N–H and O–H groups in total. The maximum Gasteiger partial charge on any atom is 0.191 e. The standard InChI is InChI=1S/C15H30N4.HI/c1-5-16-15(18-14-10-12(14)4)17-8-9-19(11(2)3)13-6-7-13;/h11-14H,5-10H2,1-4H3,(H2,16,17,18);1H. The van der Waals surface area contributed by atoms with E-state index in [2.05, 4.69) is 43.2 Å². The second-order valence-corrected chi connectivity index (χ2v) is 6.29. The summed E-state index contributed by atoms with van der Waals surface area (Å²) in [6.07, 6.45) is 4.03. The molecular weight excluding hydrogens is 363 g/mol. The van der Waals surface area contributed by atoms with Crippen LogP contribution in [0.2, 0.25) is 0 Å². The molecule has 2 rings (SSSR count). The van der Waals surface area contributed by atoms with Crippen LogP contribution in [0.4, 0.5) is 0 Å². The molecule has 0 heterocycles. The van der Waals surface area contributed by atoms with E-state index in [1.54, 1.807) is 0 Å². The Hall–Kier alpha value is -0.0400. The highest BCUT2D eigenvalue weighted by atomic mass is 127. The molecule has 0 saturated heterocycles. The predicted molar refractivity (Wildman–Crippen MR) is 97.0 cm³/mol. The SMILES string of the molecule is CCNC(=NCCN(C(C)C)C1CC1)NC1CC1C.I. The minimum Gasteiger partial charge on any atom is -0.357 e. The van der Waals surface area contributed by atoms with Crippen molar-refractivity contribution in [2.45, 2.75) is 65.1 Å². The fourth-order valence-electron chi connectivity index (χ4n) is 2.56. The van der Waals surface area contributed by atoms with E-state index in [0.717, 1.165) is 37.6 Å². The number of nitrogens with zero attached hydrogens (tertiary/aromatic N) is 2. The zero-order valence-corrected chi connectivity index (χ0v) is 15.7. The van der Waals surface area contributed by atoms with Crippen molar-refractivity contribution in [3.8, 4) is 0 Å². The third-order valence-corrected chi connectivity index (χ3v) is 4.08. The molecule has 0 bridgehead atoms. The minimum atomic E-state index is 0. The van der Waals surface area contributed by atoms with Crippen LogP contribution in [0.1, 0.15) is 47.0 Å². The van der Waals surface area contributed by atoms with Gasteiger partial charge in [0.25, 0.3) is 0 Å². The molecule has 0 amide bonds. The molecule has 0 aromatic heterocycles. The van der Waals surface area contributed by atoms with Gasteiger partial charge in [-0.1, -0.05) is 6.92 Å². The molecule has 0 aromatic rings. The molecule has 2 aliphatic rings. The number of nitrogens with one attached hydrogen (secondary N) is 2. The van der Waals surface area contributed by atoms with Crippen molar-refractivity contribution >= 4 is 29.9 Å². The molecule has 20 heavy (non-hydrogen) atoms. The van der Waals surface area contributed by atoms with Crippen molar-refractivity contribution < 1.29 is 0 Å². The second-order valence-electron chi connectivity index (χ2n) is 6.29. The summed E-state index contributed by atoms with van der Waals surface area (Å²) in [6.45, 7) is 11.9. The average molecular weight is 394 g/mol. The molecule has 0 aliphatic heterocycles. The molecule has 4 nitrogen and oxygen atoms in total. The Bertz CT molecular complexity index is 313. The predicted octanol–water partition coefficient (Wildman–Crippen LogP) is 2.44. The van der Waals surface area contributed by atoms with Crippen molar-refractivity contribution in [2.24, 2.45) is 10.9 Å². The van der Waals surface area contributed by atoms with E-state index in [9.17, 15) is 0 Å². The zero-order valence-electron chi connectivity index (χ0n) is 13.4. The van der Waals surface area contributed by atoms with Crippen molar-refractivity contribution in [1.29, 1.82) is 0 Å². The van der Waals surface area contributed by atoms with Crippen molar-refractivity contribution in [1.82, 2.24) is 15.5 Å². The quantitative estimate of drug-likeness (QED) is 0.396. The van der Waals surface area contributed by atoms with Crippen LogP contribution < -0.4 is 10.6 Å². The summed E-state index contributed by atoms with van der Waals surface area (Å²) in [5, 5.41) is 6.85. The summed E-state index contributed by atoms with van der Waals surface area (Å²) in [4.78, 5) is 7.30. The molecule has 118 valence electrons. The van der Waals surface area contributed by atoms with Crippen LogP contribution in [0.25, 0.3) is 0 Å². The third kappa shape index (κ3) is 5.76. The Morgan fingerprint density at radius 1 is 1.35 bits per heavy atom. The van der Waals surface area contributed by atoms with Crippen LogP contribution in [-0.4, -0.2) is 48.6 Å². The molecule has 2 fully saturated rings. The van der Waals surface area contributed by atoms with Gasteiger partial charge in [0, 0.05) is 31.2 Å². The number of hydrogen-bond donors (Lipinski definition) is 2. The van der Waals surface area contributed by atoms with Gasteiger partial charge in [0.15, 0.2) is 5.96 Å². The van der Waals surface area contributed by atoms with E-state index in [-0.39, 0.29) is 24.0 Å². The summed E-state index contributed by atoms with van der Waals surface area (Å²) in [7, 11) is 0. The lowest BCUT2D eigenvalue weighted by Gasteiger charge is -2.25. The van der Waals surface area contributed by atoms with E-state index < -0.39 is 0 Å². The monoisotopic (exact) mass is 394 g/mol. The minimum absolute atomic E-state index is 0. The maximum absolute atomic E-state index is 4.71. The van der Waals surface area contributed by atoms with Gasteiger partial charge in [0.05, 0.1) is 6.54 Å². The Morgan fingerprint density at radius 3 is 2.45 bits per heavy atom. The second kappa shape index (κ2) is 8.41. The first-order valence-corrected chi connectivity index (χ1v) is 7.92. The highest BCUT2D eigenvalue weighted by molar-refractivity contribution is 14.0. The van der Waals surface area contributed by atoms with Crippen LogP contribution >= 0.6 is 24.0 Å². The first kappa shape index (κ1) is 18.0. The lowest BCUT2D eigenvalue weighted by molar-refractivity contribution is 0.218. The fourth-order valence-corrected chi connectivity index (χ4v) is 2.56. The highest BCUT2D eigenvalue weighted by Crippen LogP contribution is 2.29. The third-order valence-electron chi connectivity index (χ3n) is 4.08. The van der Waals surface area contributed by atoms with E-state index in [1.165, 1.54) is 19.3 Å². The van der Waals surface area contributed by atoms with Gasteiger partial charge in [-0.25, -0.2) is 0 Å². The Morgan fingerprint density at radius 2 is 2.00 bits per heavy atom. The van der Waals surface area contributed by atoms with Gasteiger partial charge in [0.2, 0.25) is 0 Å². The number of rotatable bonds is 7. The van der Waals surface area contributed by atoms with Crippen molar-refractivity contribution in [3.05, 3.63) is 0 Å². The van der Waals surface area contributed by atoms with Gasteiger partial charge in [0.1, 0.15) is 0 Å². The molecule has 0 spiro atoms. The summed E-state index contributed by atoms with van der Waals surface area (Å²) >= 11 is 0. The lowest BCUT2D eigenvalue weighted by atomic mass is 10.3. The summed E-state index contributed by atoms with van der Waals surface area (Å²) < 4.78 is 0. The Kier molecular flexibility index (Phi) is 7.58. The van der Waals surface area contributed by atoms with Gasteiger partial charge in [-0.2, -0.15) is 0 Å². The fraction of sp³-hybridized carbons (Fsp3) is 0.933. The van der Waals surface area contributed by atoms with Crippen LogP contribution in [0, 0.1) is 5.92 Å². The molecule has 2 atom stereocenters. The van der Waals surface area contributed by atoms with E-state index in [0.29, 0.717) is 12.1 Å². The molecule has 2 unspecified atom stereocenters. The highest BCUT2D eigenvalue weighted by Gasteiger charge is 2.33. The van der Waals surface area contributed by atoms with Gasteiger partial charge >= 0.3 is 0 Å². The maximum atomic E-state index is 4.71. The van der Waals surface area contributed by atoms with Gasteiger partial charge in [-0.05, 0) is 46.0 Å². The Balaban J connectivity index is 0.00000200. The first-order valence-electron chi connectivity index (χ1n) is 7.92. The molecule has 5 heteroatoms. The normalized spacial score (nSPS) is 25.6. The molecule has 2 saturated carbocycles. The van der Waals surface area contributed by atoms with Crippen molar-refractivity contribution in [3.63, 3.8) is 0 Å². The molecule has 0 radical (unpaired) electrons. The van der Waals surface area contributed by atoms with Crippen LogP contribution in [0.5, 0.6) is 0 Å². The number of aliphatic imine (C=N–C) groups is 1. The van der Waals surface area contributed by atoms with Gasteiger partial charge in [-0.3, -0.25) is 9.89 Å². The van der Waals surface area contributed by atoms with E-state index >= 15 is 0 Å². The van der Waals surface area contributed by atoms with Crippen molar-refractivity contribution in [2.75, 3.05) is 19.6 Å². The Labute approximate surface area is 141 Å². The zero-order chi connectivity index (χ0) is 13.8. The summed E-state index contributed by atoms with van der Waals surface area (Å²) in [5.74, 6) is 1.80. The van der Waals surface area contributed by atoms with Gasteiger partial charge in [-0.15, -0.1) is 24.0 Å². The summed E-state index contributed by atoms with van der Waals surface area (Å²) in [6, 6.07) is 2.11.